The molecule has 1 N–H and O–H groups in total. The third-order valence-corrected chi connectivity index (χ3v) is 5.72. The summed E-state index contributed by atoms with van der Waals surface area (Å²) in [4.78, 5) is 12.9. The van der Waals surface area contributed by atoms with Gasteiger partial charge in [0.15, 0.2) is 11.5 Å². The van der Waals surface area contributed by atoms with Crippen LogP contribution >= 0.6 is 0 Å². The first-order chi connectivity index (χ1) is 13.8. The summed E-state index contributed by atoms with van der Waals surface area (Å²) < 4.78 is 42.0. The predicted molar refractivity (Wildman–Crippen MR) is 109 cm³/mol. The summed E-state index contributed by atoms with van der Waals surface area (Å²) in [5, 5.41) is 2.82. The smallest absolute Gasteiger partial charge is 0.244 e. The fourth-order valence-electron chi connectivity index (χ4n) is 3.17. The van der Waals surface area contributed by atoms with Crippen LogP contribution < -0.4 is 23.8 Å². The van der Waals surface area contributed by atoms with Gasteiger partial charge in [0.2, 0.25) is 22.7 Å². The zero-order valence-electron chi connectivity index (χ0n) is 16.5. The van der Waals surface area contributed by atoms with E-state index in [0.29, 0.717) is 29.4 Å². The fourth-order valence-corrected chi connectivity index (χ4v) is 4.37. The lowest BCUT2D eigenvalue weighted by Gasteiger charge is -2.30. The molecule has 156 valence electrons. The summed E-state index contributed by atoms with van der Waals surface area (Å²) in [6.45, 7) is 2.18. The SMILES string of the molecule is CC[C@@H](C(=O)NCc1ccc2c(c1)OCO2)N(c1cccc(OC)c1)S(C)(=O)=O. The van der Waals surface area contributed by atoms with Crippen LogP contribution in [0.15, 0.2) is 42.5 Å². The molecule has 0 unspecified atom stereocenters. The van der Waals surface area contributed by atoms with E-state index in [1.54, 1.807) is 43.3 Å². The van der Waals surface area contributed by atoms with E-state index < -0.39 is 22.0 Å². The number of benzene rings is 2. The molecule has 0 bridgehead atoms. The molecule has 0 spiro atoms. The first-order valence-electron chi connectivity index (χ1n) is 9.13. The number of amides is 1. The molecule has 0 fully saturated rings. The largest absolute Gasteiger partial charge is 0.497 e. The Hall–Kier alpha value is -2.94. The lowest BCUT2D eigenvalue weighted by Crippen LogP contribution is -2.49. The molecule has 0 saturated heterocycles. The van der Waals surface area contributed by atoms with Gasteiger partial charge in [-0.05, 0) is 36.2 Å². The lowest BCUT2D eigenvalue weighted by molar-refractivity contribution is -0.122. The van der Waals surface area contributed by atoms with Crippen LogP contribution in [0.1, 0.15) is 18.9 Å². The van der Waals surface area contributed by atoms with Crippen LogP contribution in [-0.4, -0.2) is 40.5 Å². The van der Waals surface area contributed by atoms with E-state index in [4.69, 9.17) is 14.2 Å². The molecule has 8 nitrogen and oxygen atoms in total. The summed E-state index contributed by atoms with van der Waals surface area (Å²) in [6, 6.07) is 11.1. The van der Waals surface area contributed by atoms with Crippen LogP contribution in [0.25, 0.3) is 0 Å². The van der Waals surface area contributed by atoms with Crippen LogP contribution in [0.2, 0.25) is 0 Å². The Morgan fingerprint density at radius 1 is 1.21 bits per heavy atom. The maximum atomic E-state index is 12.9. The fraction of sp³-hybridized carbons (Fsp3) is 0.350. The van der Waals surface area contributed by atoms with Crippen LogP contribution in [0.3, 0.4) is 0 Å². The number of carbonyl (C=O) groups is 1. The minimum atomic E-state index is -3.71. The number of fused-ring (bicyclic) bond motifs is 1. The van der Waals surface area contributed by atoms with Crippen molar-refractivity contribution >= 4 is 21.6 Å². The number of nitrogens with one attached hydrogen (secondary N) is 1. The average molecular weight is 420 g/mol. The van der Waals surface area contributed by atoms with Crippen molar-refractivity contribution in [2.45, 2.75) is 25.9 Å². The van der Waals surface area contributed by atoms with Gasteiger partial charge in [-0.1, -0.05) is 19.1 Å². The molecule has 1 heterocycles. The molecule has 9 heteroatoms. The van der Waals surface area contributed by atoms with Gasteiger partial charge in [-0.15, -0.1) is 0 Å². The Morgan fingerprint density at radius 3 is 2.66 bits per heavy atom. The Kier molecular flexibility index (Phi) is 6.17. The van der Waals surface area contributed by atoms with E-state index in [1.807, 2.05) is 6.07 Å². The summed E-state index contributed by atoms with van der Waals surface area (Å²) in [5.74, 6) is 1.40. The van der Waals surface area contributed by atoms with Gasteiger partial charge in [0, 0.05) is 12.6 Å². The number of carbonyl (C=O) groups excluding carboxylic acids is 1. The highest BCUT2D eigenvalue weighted by molar-refractivity contribution is 7.92. The standard InChI is InChI=1S/C20H24N2O6S/c1-4-17(22(29(3,24)25)15-6-5-7-16(11-15)26-2)20(23)21-12-14-8-9-18-19(10-14)28-13-27-18/h5-11,17H,4,12-13H2,1-3H3,(H,21,23)/t17-/m0/s1. The molecule has 0 radical (unpaired) electrons. The zero-order chi connectivity index (χ0) is 21.0. The Balaban J connectivity index is 1.79. The van der Waals surface area contributed by atoms with Gasteiger partial charge in [0.25, 0.3) is 0 Å². The highest BCUT2D eigenvalue weighted by Crippen LogP contribution is 2.32. The molecule has 1 aliphatic rings. The molecule has 2 aromatic carbocycles. The Bertz CT molecular complexity index is 992. The minimum absolute atomic E-state index is 0.174. The quantitative estimate of drug-likeness (QED) is 0.704. The minimum Gasteiger partial charge on any atom is -0.497 e. The Morgan fingerprint density at radius 2 is 1.97 bits per heavy atom. The van der Waals surface area contributed by atoms with Gasteiger partial charge >= 0.3 is 0 Å². The highest BCUT2D eigenvalue weighted by Gasteiger charge is 2.31. The molecule has 29 heavy (non-hydrogen) atoms. The molecule has 0 aromatic heterocycles. The van der Waals surface area contributed by atoms with E-state index >= 15 is 0 Å². The first-order valence-corrected chi connectivity index (χ1v) is 11.0. The van der Waals surface area contributed by atoms with Crippen LogP contribution in [0.4, 0.5) is 5.69 Å². The number of anilines is 1. The van der Waals surface area contributed by atoms with Gasteiger partial charge in [-0.3, -0.25) is 9.10 Å². The summed E-state index contributed by atoms with van der Waals surface area (Å²) in [7, 11) is -2.21. The molecule has 3 rings (SSSR count). The summed E-state index contributed by atoms with van der Waals surface area (Å²) in [5.41, 5.74) is 1.20. The molecular weight excluding hydrogens is 396 g/mol. The van der Waals surface area contributed by atoms with Crippen molar-refractivity contribution in [2.24, 2.45) is 0 Å². The van der Waals surface area contributed by atoms with E-state index in [9.17, 15) is 13.2 Å². The number of hydrogen-bond donors (Lipinski definition) is 1. The maximum absolute atomic E-state index is 12.9. The molecule has 1 amide bonds. The number of methoxy groups -OCH3 is 1. The second-order valence-corrected chi connectivity index (χ2v) is 8.45. The van der Waals surface area contributed by atoms with Crippen molar-refractivity contribution in [1.29, 1.82) is 0 Å². The highest BCUT2D eigenvalue weighted by atomic mass is 32.2. The molecule has 0 aliphatic carbocycles. The summed E-state index contributed by atoms with van der Waals surface area (Å²) in [6.07, 6.45) is 1.39. The number of ether oxygens (including phenoxy) is 3. The topological polar surface area (TPSA) is 94.2 Å². The second-order valence-electron chi connectivity index (χ2n) is 6.59. The molecule has 2 aromatic rings. The average Bonchev–Trinajstić information content (AvgIpc) is 3.17. The number of hydrogen-bond acceptors (Lipinski definition) is 6. The maximum Gasteiger partial charge on any atom is 0.244 e. The van der Waals surface area contributed by atoms with Crippen molar-refractivity contribution < 1.29 is 27.4 Å². The number of sulfonamides is 1. The van der Waals surface area contributed by atoms with Crippen molar-refractivity contribution in [1.82, 2.24) is 5.32 Å². The molecule has 0 saturated carbocycles. The van der Waals surface area contributed by atoms with Gasteiger partial charge in [0.1, 0.15) is 11.8 Å². The van der Waals surface area contributed by atoms with E-state index in [1.165, 1.54) is 7.11 Å². The van der Waals surface area contributed by atoms with Crippen molar-refractivity contribution in [3.8, 4) is 17.2 Å². The van der Waals surface area contributed by atoms with Gasteiger partial charge < -0.3 is 19.5 Å². The van der Waals surface area contributed by atoms with Crippen molar-refractivity contribution in [3.63, 3.8) is 0 Å². The third kappa shape index (κ3) is 4.73. The van der Waals surface area contributed by atoms with E-state index in [-0.39, 0.29) is 13.3 Å². The zero-order valence-corrected chi connectivity index (χ0v) is 17.4. The predicted octanol–water partition coefficient (Wildman–Crippen LogP) is 2.28. The van der Waals surface area contributed by atoms with E-state index in [2.05, 4.69) is 5.32 Å². The van der Waals surface area contributed by atoms with Gasteiger partial charge in [-0.25, -0.2) is 8.42 Å². The lowest BCUT2D eigenvalue weighted by atomic mass is 10.1. The molecule has 1 atom stereocenters. The van der Waals surface area contributed by atoms with Crippen LogP contribution in [0.5, 0.6) is 17.2 Å². The number of nitrogens with zero attached hydrogens (tertiary/aromatic N) is 1. The first kappa shape index (κ1) is 20.8. The summed E-state index contributed by atoms with van der Waals surface area (Å²) >= 11 is 0. The van der Waals surface area contributed by atoms with Crippen molar-refractivity contribution in [2.75, 3.05) is 24.5 Å². The Labute approximate surface area is 170 Å². The molecular formula is C20H24N2O6S. The van der Waals surface area contributed by atoms with E-state index in [0.717, 1.165) is 16.1 Å². The van der Waals surface area contributed by atoms with Crippen LogP contribution in [0, 0.1) is 0 Å². The monoisotopic (exact) mass is 420 g/mol. The van der Waals surface area contributed by atoms with Gasteiger partial charge in [-0.2, -0.15) is 0 Å². The van der Waals surface area contributed by atoms with Crippen molar-refractivity contribution in [3.05, 3.63) is 48.0 Å². The normalized spacial score (nSPS) is 13.6. The number of rotatable bonds is 8. The van der Waals surface area contributed by atoms with Crippen LogP contribution in [-0.2, 0) is 21.4 Å². The third-order valence-electron chi connectivity index (χ3n) is 4.54. The molecule has 1 aliphatic heterocycles. The van der Waals surface area contributed by atoms with Gasteiger partial charge in [0.05, 0.1) is 19.1 Å². The second kappa shape index (κ2) is 8.60.